The molecule has 1 saturated heterocycles. The number of thiazole rings is 1. The van der Waals surface area contributed by atoms with Crippen LogP contribution in [0.1, 0.15) is 21.9 Å². The number of carbonyl (C=O) groups is 3. The fraction of sp³-hybridized carbons (Fsp3) is 0.172. The van der Waals surface area contributed by atoms with Gasteiger partial charge in [-0.15, -0.1) is 0 Å². The number of hydrogen-bond acceptors (Lipinski definition) is 6. The number of nitrogens with zero attached hydrogens (tertiary/aromatic N) is 2. The van der Waals surface area contributed by atoms with Gasteiger partial charge >= 0.3 is 11.0 Å². The van der Waals surface area contributed by atoms with E-state index >= 15 is 0 Å². The predicted molar refractivity (Wildman–Crippen MR) is 164 cm³/mol. The Morgan fingerprint density at radius 1 is 0.907 bits per heavy atom. The normalized spacial score (nSPS) is 19.7. The molecule has 0 bridgehead atoms. The molecule has 3 aromatic carbocycles. The molecule has 1 fully saturated rings. The summed E-state index contributed by atoms with van der Waals surface area (Å²) in [6.45, 7) is -0.489. The minimum atomic E-state index is -4.59. The van der Waals surface area contributed by atoms with Crippen molar-refractivity contribution < 1.29 is 27.6 Å². The summed E-state index contributed by atoms with van der Waals surface area (Å²) in [7, 11) is 0. The lowest BCUT2D eigenvalue weighted by atomic mass is 9.83. The maximum absolute atomic E-state index is 13.9. The lowest BCUT2D eigenvalue weighted by molar-refractivity contribution is -0.137. The number of alkyl halides is 3. The summed E-state index contributed by atoms with van der Waals surface area (Å²) in [5.41, 5.74) is 0.150. The molecule has 6 rings (SSSR count). The maximum atomic E-state index is 13.9. The van der Waals surface area contributed by atoms with E-state index in [0.29, 0.717) is 15.6 Å². The van der Waals surface area contributed by atoms with Gasteiger partial charge in [-0.1, -0.05) is 73.2 Å². The van der Waals surface area contributed by atoms with Gasteiger partial charge in [0.25, 0.3) is 0 Å². The number of anilines is 2. The molecule has 0 spiro atoms. The topological polar surface area (TPSA) is 88.5 Å². The van der Waals surface area contributed by atoms with E-state index in [1.165, 1.54) is 21.6 Å². The van der Waals surface area contributed by atoms with Gasteiger partial charge in [-0.2, -0.15) is 13.2 Å². The van der Waals surface area contributed by atoms with Crippen molar-refractivity contribution in [3.05, 3.63) is 107 Å². The molecule has 3 atom stereocenters. The van der Waals surface area contributed by atoms with Gasteiger partial charge in [0, 0.05) is 25.4 Å². The number of thioether (sulfide) groups is 1. The first-order valence-electron chi connectivity index (χ1n) is 12.7. The summed E-state index contributed by atoms with van der Waals surface area (Å²) < 4.78 is 42.3. The third-order valence-corrected chi connectivity index (χ3v) is 10.8. The zero-order valence-corrected chi connectivity index (χ0v) is 26.4. The van der Waals surface area contributed by atoms with Crippen molar-refractivity contribution in [1.82, 2.24) is 4.57 Å². The highest BCUT2D eigenvalue weighted by molar-refractivity contribution is 9.10. The van der Waals surface area contributed by atoms with E-state index in [1.807, 2.05) is 24.3 Å². The molecule has 0 saturated carbocycles. The maximum Gasteiger partial charge on any atom is 0.416 e. The molecule has 2 unspecified atom stereocenters. The van der Waals surface area contributed by atoms with Gasteiger partial charge < -0.3 is 5.32 Å². The molecule has 220 valence electrons. The number of halogens is 5. The van der Waals surface area contributed by atoms with Crippen LogP contribution in [-0.2, 0) is 27.1 Å². The molecular weight excluding hydrogens is 735 g/mol. The van der Waals surface area contributed by atoms with E-state index in [4.69, 9.17) is 0 Å². The predicted octanol–water partition coefficient (Wildman–Crippen LogP) is 6.89. The van der Waals surface area contributed by atoms with Crippen molar-refractivity contribution in [3.63, 3.8) is 0 Å². The third-order valence-electron chi connectivity index (χ3n) is 7.14. The Bertz CT molecular complexity index is 1820. The van der Waals surface area contributed by atoms with Crippen LogP contribution in [0, 0.1) is 5.92 Å². The number of imide groups is 1. The monoisotopic (exact) mass is 751 g/mol. The first kappa shape index (κ1) is 29.9. The molecule has 4 aromatic rings. The summed E-state index contributed by atoms with van der Waals surface area (Å²) in [5.74, 6) is -2.99. The van der Waals surface area contributed by atoms with Crippen LogP contribution in [0.3, 0.4) is 0 Å². The number of carbonyl (C=O) groups excluding carboxylic acids is 3. The molecule has 14 heteroatoms. The molecule has 1 N–H and O–H groups in total. The Morgan fingerprint density at radius 2 is 1.56 bits per heavy atom. The summed E-state index contributed by atoms with van der Waals surface area (Å²) in [6.07, 6.45) is -4.59. The Hall–Kier alpha value is -3.20. The molecule has 0 radical (unpaired) electrons. The van der Waals surface area contributed by atoms with E-state index < -0.39 is 58.0 Å². The van der Waals surface area contributed by atoms with Crippen molar-refractivity contribution in [1.29, 1.82) is 0 Å². The van der Waals surface area contributed by atoms with Crippen LogP contribution in [0.4, 0.5) is 24.5 Å². The average Bonchev–Trinajstić information content (AvgIpc) is 3.40. The van der Waals surface area contributed by atoms with Gasteiger partial charge in [0.2, 0.25) is 17.7 Å². The molecule has 3 amide bonds. The van der Waals surface area contributed by atoms with Crippen LogP contribution in [0.5, 0.6) is 0 Å². The molecule has 1 aromatic heterocycles. The number of benzene rings is 3. The van der Waals surface area contributed by atoms with Gasteiger partial charge in [0.1, 0.15) is 11.8 Å². The van der Waals surface area contributed by atoms with Crippen molar-refractivity contribution in [2.75, 3.05) is 10.2 Å². The van der Waals surface area contributed by atoms with Crippen LogP contribution in [0.25, 0.3) is 0 Å². The second kappa shape index (κ2) is 11.4. The Morgan fingerprint density at radius 3 is 2.21 bits per heavy atom. The fourth-order valence-corrected chi connectivity index (χ4v) is 8.55. The highest BCUT2D eigenvalue weighted by atomic mass is 79.9. The molecule has 3 heterocycles. The first-order valence-corrected chi connectivity index (χ1v) is 16.0. The van der Waals surface area contributed by atoms with E-state index in [1.54, 1.807) is 24.3 Å². The van der Waals surface area contributed by atoms with Crippen LogP contribution in [0.15, 0.2) is 91.6 Å². The summed E-state index contributed by atoms with van der Waals surface area (Å²) >= 11 is 8.72. The summed E-state index contributed by atoms with van der Waals surface area (Å²) in [4.78, 5) is 55.2. The second-order valence-electron chi connectivity index (χ2n) is 9.83. The molecule has 0 aliphatic carbocycles. The summed E-state index contributed by atoms with van der Waals surface area (Å²) in [5, 5.41) is 1.94. The smallest absolute Gasteiger partial charge is 0.325 e. The van der Waals surface area contributed by atoms with Crippen molar-refractivity contribution >= 4 is 84.1 Å². The largest absolute Gasteiger partial charge is 0.416 e. The molecule has 2 aliphatic rings. The molecule has 2 aliphatic heterocycles. The zero-order valence-electron chi connectivity index (χ0n) is 21.6. The summed E-state index contributed by atoms with van der Waals surface area (Å²) in [6, 6.07) is 18.3. The van der Waals surface area contributed by atoms with Gasteiger partial charge in [0.05, 0.1) is 22.2 Å². The lowest BCUT2D eigenvalue weighted by Gasteiger charge is -2.30. The zero-order chi connectivity index (χ0) is 30.6. The molecule has 43 heavy (non-hydrogen) atoms. The minimum Gasteiger partial charge on any atom is -0.325 e. The number of amides is 3. The number of fused-ring (bicyclic) bond motifs is 2. The number of rotatable bonds is 5. The fourth-order valence-electron chi connectivity index (χ4n) is 5.25. The minimum absolute atomic E-state index is 0.0702. The van der Waals surface area contributed by atoms with Crippen molar-refractivity contribution in [2.45, 2.75) is 28.9 Å². The van der Waals surface area contributed by atoms with Crippen LogP contribution >= 0.6 is 55.0 Å². The van der Waals surface area contributed by atoms with E-state index in [-0.39, 0.29) is 5.69 Å². The quantitative estimate of drug-likeness (QED) is 0.225. The van der Waals surface area contributed by atoms with E-state index in [2.05, 4.69) is 37.2 Å². The van der Waals surface area contributed by atoms with Crippen LogP contribution in [-0.4, -0.2) is 27.5 Å². The second-order valence-corrected chi connectivity index (χ2v) is 13.8. The standard InChI is InChI=1S/C29H18Br2F3N3O4S2/c30-16-6-4-14(5-7-16)21-22-23(26(40)37(25(22)39)19-10-8-17(31)9-11-19)42-27-24(21)43-28(41)36(27)13-20(38)35-18-3-1-2-15(12-18)29(32,33)34/h1-12,21-23H,13H2,(H,35,38)/t21-,22?,23?/m1/s1. The van der Waals surface area contributed by atoms with Crippen LogP contribution < -0.4 is 15.1 Å². The Labute approximate surface area is 267 Å². The highest BCUT2D eigenvalue weighted by Gasteiger charge is 2.56. The first-order chi connectivity index (χ1) is 20.4. The van der Waals surface area contributed by atoms with Crippen LogP contribution in [0.2, 0.25) is 0 Å². The highest BCUT2D eigenvalue weighted by Crippen LogP contribution is 2.54. The van der Waals surface area contributed by atoms with Gasteiger partial charge in [-0.3, -0.25) is 23.7 Å². The average molecular weight is 753 g/mol. The molecule has 7 nitrogen and oxygen atoms in total. The van der Waals surface area contributed by atoms with E-state index in [9.17, 15) is 32.3 Å². The Balaban J connectivity index is 1.37. The Kier molecular flexibility index (Phi) is 7.90. The molecular formula is C29H18Br2F3N3O4S2. The van der Waals surface area contributed by atoms with Gasteiger partial charge in [-0.05, 0) is 60.2 Å². The van der Waals surface area contributed by atoms with Crippen molar-refractivity contribution in [3.8, 4) is 0 Å². The number of nitrogens with one attached hydrogen (secondary N) is 1. The van der Waals surface area contributed by atoms with Gasteiger partial charge in [0.15, 0.2) is 0 Å². The van der Waals surface area contributed by atoms with Crippen molar-refractivity contribution in [2.24, 2.45) is 5.92 Å². The van der Waals surface area contributed by atoms with E-state index in [0.717, 1.165) is 49.7 Å². The number of hydrogen-bond donors (Lipinski definition) is 1. The third kappa shape index (κ3) is 5.61. The van der Waals surface area contributed by atoms with Gasteiger partial charge in [-0.25, -0.2) is 4.90 Å². The SMILES string of the molecule is O=C(Cn1c2c(sc1=O)[C@H](c1ccc(Br)cc1)C1C(=O)N(c3ccc(Br)cc3)C(=O)C1S2)Nc1cccc(C(F)(F)F)c1. The lowest BCUT2D eigenvalue weighted by Crippen LogP contribution is -2.33. The number of aromatic nitrogens is 1.